The van der Waals surface area contributed by atoms with E-state index in [4.69, 9.17) is 9.05 Å². The number of aliphatic hydroxyl groups is 1. The topological polar surface area (TPSA) is 108 Å². The zero-order valence-corrected chi connectivity index (χ0v) is 60.4. The van der Waals surface area contributed by atoms with Gasteiger partial charge in [-0.2, -0.15) is 0 Å². The van der Waals surface area contributed by atoms with Gasteiger partial charge in [0.15, 0.2) is 0 Å². The van der Waals surface area contributed by atoms with Gasteiger partial charge in [-0.25, -0.2) is 0 Å². The zero-order chi connectivity index (χ0) is 63.4. The number of hydrogen-bond donors (Lipinski definition) is 2. The molecule has 0 aromatic heterocycles. The van der Waals surface area contributed by atoms with Crippen LogP contribution in [0.5, 0.6) is 0 Å². The molecule has 9 heteroatoms. The van der Waals surface area contributed by atoms with E-state index in [0.717, 1.165) is 38.5 Å². The maximum Gasteiger partial charge on any atom is 0.268 e. The first-order valence-corrected chi connectivity index (χ1v) is 40.7. The average Bonchev–Trinajstić information content (AvgIpc) is 3.70. The minimum Gasteiger partial charge on any atom is -0.756 e. The summed E-state index contributed by atoms with van der Waals surface area (Å²) in [6.45, 7) is 4.71. The summed E-state index contributed by atoms with van der Waals surface area (Å²) in [5.74, 6) is -0.197. The van der Waals surface area contributed by atoms with Gasteiger partial charge in [-0.3, -0.25) is 9.36 Å². The summed E-state index contributed by atoms with van der Waals surface area (Å²) in [6.07, 6.45) is 92.1. The number of phosphoric ester groups is 1. The Morgan fingerprint density at radius 2 is 0.644 bits per heavy atom. The third-order valence-electron chi connectivity index (χ3n) is 18.4. The van der Waals surface area contributed by atoms with Crippen LogP contribution in [0.2, 0.25) is 0 Å². The predicted octanol–water partition coefficient (Wildman–Crippen LogP) is 24.8. The first-order chi connectivity index (χ1) is 42.5. The molecular weight excluding hydrogens is 1090 g/mol. The molecule has 1 amide bonds. The molecule has 518 valence electrons. The number of nitrogens with one attached hydrogen (secondary N) is 1. The van der Waals surface area contributed by atoms with Crippen molar-refractivity contribution in [1.82, 2.24) is 5.32 Å². The SMILES string of the molecule is CCCCCCCCCCCCCCCCCCCCCCCCCCCC/C=C/CC/C=C/C(O)C(COP(=O)([O-])OCC[N+](C)(C)C)NC(=O)CCCCCCCCCCCCCCCCCCCCCCCCCCCCCCCCCCC. The number of allylic oxidation sites excluding steroid dienone is 3. The quantitative estimate of drug-likeness (QED) is 0.0272. The smallest absolute Gasteiger partial charge is 0.268 e. The second kappa shape index (κ2) is 69.3. The molecular formula is C78H155N2O6P. The number of nitrogens with zero attached hydrogens (tertiary/aromatic N) is 1. The Morgan fingerprint density at radius 3 is 0.931 bits per heavy atom. The summed E-state index contributed by atoms with van der Waals surface area (Å²) in [5.41, 5.74) is 0. The number of likely N-dealkylation sites (N-methyl/N-ethyl adjacent to an activating group) is 1. The molecule has 87 heavy (non-hydrogen) atoms. The highest BCUT2D eigenvalue weighted by Crippen LogP contribution is 2.38. The fraction of sp³-hybridized carbons (Fsp3) is 0.936. The molecule has 0 aromatic carbocycles. The molecule has 3 unspecified atom stereocenters. The third kappa shape index (κ3) is 72.3. The summed E-state index contributed by atoms with van der Waals surface area (Å²) >= 11 is 0. The number of amides is 1. The molecule has 0 spiro atoms. The van der Waals surface area contributed by atoms with Crippen molar-refractivity contribution in [2.45, 2.75) is 431 Å². The van der Waals surface area contributed by atoms with E-state index in [1.807, 2.05) is 27.2 Å². The number of carbonyl (C=O) groups is 1. The summed E-state index contributed by atoms with van der Waals surface area (Å²) in [4.78, 5) is 25.7. The number of unbranched alkanes of at least 4 members (excludes halogenated alkanes) is 59. The van der Waals surface area contributed by atoms with Crippen molar-refractivity contribution in [3.05, 3.63) is 24.3 Å². The van der Waals surface area contributed by atoms with Crippen molar-refractivity contribution in [3.8, 4) is 0 Å². The molecule has 0 aliphatic rings. The lowest BCUT2D eigenvalue weighted by atomic mass is 10.0. The first-order valence-electron chi connectivity index (χ1n) is 39.2. The van der Waals surface area contributed by atoms with Gasteiger partial charge in [0.25, 0.3) is 7.82 Å². The Morgan fingerprint density at radius 1 is 0.391 bits per heavy atom. The molecule has 2 N–H and O–H groups in total. The van der Waals surface area contributed by atoms with Gasteiger partial charge in [-0.05, 0) is 32.1 Å². The van der Waals surface area contributed by atoms with E-state index in [1.165, 1.54) is 360 Å². The Labute approximate surface area is 545 Å². The highest BCUT2D eigenvalue weighted by atomic mass is 31.2. The summed E-state index contributed by atoms with van der Waals surface area (Å²) in [6, 6.07) is -0.903. The van der Waals surface area contributed by atoms with E-state index in [0.29, 0.717) is 17.4 Å². The lowest BCUT2D eigenvalue weighted by molar-refractivity contribution is -0.870. The molecule has 3 atom stereocenters. The normalized spacial score (nSPS) is 13.6. The van der Waals surface area contributed by atoms with E-state index in [1.54, 1.807) is 6.08 Å². The van der Waals surface area contributed by atoms with Crippen LogP contribution in [0.25, 0.3) is 0 Å². The van der Waals surface area contributed by atoms with Crippen LogP contribution in [0.4, 0.5) is 0 Å². The van der Waals surface area contributed by atoms with Gasteiger partial charge in [0.2, 0.25) is 5.91 Å². The van der Waals surface area contributed by atoms with E-state index in [9.17, 15) is 19.4 Å². The van der Waals surface area contributed by atoms with E-state index >= 15 is 0 Å². The van der Waals surface area contributed by atoms with Crippen molar-refractivity contribution in [1.29, 1.82) is 0 Å². The van der Waals surface area contributed by atoms with Crippen LogP contribution in [0.15, 0.2) is 24.3 Å². The van der Waals surface area contributed by atoms with Crippen molar-refractivity contribution in [3.63, 3.8) is 0 Å². The Kier molecular flexibility index (Phi) is 68.5. The van der Waals surface area contributed by atoms with E-state index < -0.39 is 20.0 Å². The van der Waals surface area contributed by atoms with Crippen LogP contribution >= 0.6 is 7.82 Å². The van der Waals surface area contributed by atoms with E-state index in [2.05, 4.69) is 31.3 Å². The summed E-state index contributed by atoms with van der Waals surface area (Å²) in [7, 11) is 1.27. The molecule has 8 nitrogen and oxygen atoms in total. The number of phosphoric acid groups is 1. The lowest BCUT2D eigenvalue weighted by Gasteiger charge is -2.29. The fourth-order valence-corrected chi connectivity index (χ4v) is 13.1. The predicted molar refractivity (Wildman–Crippen MR) is 381 cm³/mol. The lowest BCUT2D eigenvalue weighted by Crippen LogP contribution is -2.45. The summed E-state index contributed by atoms with van der Waals surface area (Å²) in [5, 5.41) is 14.0. The number of hydrogen-bond acceptors (Lipinski definition) is 6. The molecule has 0 aliphatic carbocycles. The van der Waals surface area contributed by atoms with Crippen molar-refractivity contribution >= 4 is 13.7 Å². The molecule has 0 radical (unpaired) electrons. The third-order valence-corrected chi connectivity index (χ3v) is 19.4. The highest BCUT2D eigenvalue weighted by Gasteiger charge is 2.23. The van der Waals surface area contributed by atoms with Crippen LogP contribution in [-0.2, 0) is 18.4 Å². The van der Waals surface area contributed by atoms with Crippen molar-refractivity contribution < 1.29 is 32.9 Å². The van der Waals surface area contributed by atoms with Gasteiger partial charge in [0.1, 0.15) is 13.2 Å². The van der Waals surface area contributed by atoms with Gasteiger partial charge in [0.05, 0.1) is 39.9 Å². The number of quaternary nitrogens is 1. The molecule has 0 aliphatic heterocycles. The monoisotopic (exact) mass is 1250 g/mol. The van der Waals surface area contributed by atoms with Crippen LogP contribution in [0, 0.1) is 0 Å². The van der Waals surface area contributed by atoms with Gasteiger partial charge >= 0.3 is 0 Å². The Balaban J connectivity index is 3.99. The van der Waals surface area contributed by atoms with Crippen LogP contribution in [-0.4, -0.2) is 68.5 Å². The second-order valence-electron chi connectivity index (χ2n) is 28.4. The Hall–Kier alpha value is -1.02. The fourth-order valence-electron chi connectivity index (χ4n) is 12.4. The molecule has 0 aromatic rings. The van der Waals surface area contributed by atoms with Crippen molar-refractivity contribution in [2.75, 3.05) is 40.9 Å². The standard InChI is InChI=1S/C78H155N2O6P/c1-6-8-10-12-14-16-18-20-22-24-26-28-30-32-34-36-38-40-42-44-46-48-50-52-54-56-58-60-62-64-66-68-70-72-78(82)79-76(75-86-87(83,84)85-74-73-80(3,4)5)77(81)71-69-67-65-63-61-59-57-55-53-51-49-47-45-43-41-39-37-35-33-31-29-27-25-23-21-19-17-15-13-11-9-7-2/h61,63,69,71,76-77,81H,6-60,62,64-68,70,72-75H2,1-5H3,(H-,79,82,83,84)/b63-61+,71-69+. The maximum atomic E-state index is 13.1. The zero-order valence-electron chi connectivity index (χ0n) is 59.5. The minimum absolute atomic E-state index is 0.00327. The van der Waals surface area contributed by atoms with Gasteiger partial charge < -0.3 is 28.8 Å². The highest BCUT2D eigenvalue weighted by molar-refractivity contribution is 7.45. The molecule has 0 heterocycles. The van der Waals surface area contributed by atoms with Gasteiger partial charge in [-0.1, -0.05) is 404 Å². The molecule has 0 bridgehead atoms. The van der Waals surface area contributed by atoms with Gasteiger partial charge in [-0.15, -0.1) is 0 Å². The Bertz CT molecular complexity index is 1470. The molecule has 0 fully saturated rings. The van der Waals surface area contributed by atoms with Crippen LogP contribution < -0.4 is 10.2 Å². The first kappa shape index (κ1) is 86.0. The van der Waals surface area contributed by atoms with Gasteiger partial charge in [0, 0.05) is 6.42 Å². The minimum atomic E-state index is -4.61. The largest absolute Gasteiger partial charge is 0.756 e. The summed E-state index contributed by atoms with van der Waals surface area (Å²) < 4.78 is 23.5. The maximum absolute atomic E-state index is 13.1. The number of aliphatic hydroxyl groups excluding tert-OH is 1. The number of rotatable bonds is 74. The molecule has 0 saturated heterocycles. The molecule has 0 saturated carbocycles. The van der Waals surface area contributed by atoms with Crippen molar-refractivity contribution in [2.24, 2.45) is 0 Å². The average molecular weight is 1250 g/mol. The number of carbonyl (C=O) groups excluding carboxylic acids is 1. The molecule has 0 rings (SSSR count). The van der Waals surface area contributed by atoms with Crippen LogP contribution in [0.1, 0.15) is 418 Å². The van der Waals surface area contributed by atoms with E-state index in [-0.39, 0.29) is 19.1 Å². The second-order valence-corrected chi connectivity index (χ2v) is 29.8. The van der Waals surface area contributed by atoms with Crippen LogP contribution in [0.3, 0.4) is 0 Å².